The second-order valence-corrected chi connectivity index (χ2v) is 9.95. The van der Waals surface area contributed by atoms with Crippen LogP contribution >= 0.6 is 0 Å². The largest absolute Gasteiger partial charge is 0.371 e. The summed E-state index contributed by atoms with van der Waals surface area (Å²) in [6.45, 7) is 8.90. The van der Waals surface area contributed by atoms with E-state index in [9.17, 15) is 4.79 Å². The number of benzene rings is 2. The highest BCUT2D eigenvalue weighted by atomic mass is 16.1. The lowest BCUT2D eigenvalue weighted by atomic mass is 9.94. The van der Waals surface area contributed by atoms with Gasteiger partial charge in [0.05, 0.1) is 6.20 Å². The predicted octanol–water partition coefficient (Wildman–Crippen LogP) is 4.09. The van der Waals surface area contributed by atoms with Crippen LogP contribution in [0.1, 0.15) is 46.8 Å². The maximum absolute atomic E-state index is 12.3. The fourth-order valence-electron chi connectivity index (χ4n) is 5.47. The van der Waals surface area contributed by atoms with E-state index in [1.54, 1.807) is 6.20 Å². The van der Waals surface area contributed by atoms with E-state index in [4.69, 9.17) is 0 Å². The average molecular weight is 485 g/mol. The molecule has 0 saturated carbocycles. The molecule has 0 aliphatic carbocycles. The summed E-state index contributed by atoms with van der Waals surface area (Å²) in [6, 6.07) is 17.5. The van der Waals surface area contributed by atoms with E-state index in [-0.39, 0.29) is 5.91 Å². The predicted molar refractivity (Wildman–Crippen MR) is 145 cm³/mol. The van der Waals surface area contributed by atoms with Crippen molar-refractivity contribution in [1.29, 1.82) is 0 Å². The molecule has 7 heteroatoms. The molecule has 0 unspecified atom stereocenters. The number of rotatable bonds is 8. The van der Waals surface area contributed by atoms with Crippen LogP contribution in [-0.4, -0.2) is 66.1 Å². The van der Waals surface area contributed by atoms with Gasteiger partial charge in [-0.15, -0.1) is 0 Å². The molecule has 1 amide bonds. The monoisotopic (exact) mass is 484 g/mol. The van der Waals surface area contributed by atoms with E-state index in [1.165, 1.54) is 48.7 Å². The maximum Gasteiger partial charge on any atom is 0.275 e. The van der Waals surface area contributed by atoms with Gasteiger partial charge in [0.2, 0.25) is 0 Å². The van der Waals surface area contributed by atoms with Gasteiger partial charge in [-0.1, -0.05) is 24.3 Å². The van der Waals surface area contributed by atoms with E-state index >= 15 is 0 Å². The highest BCUT2D eigenvalue weighted by Crippen LogP contribution is 2.29. The lowest BCUT2D eigenvalue weighted by Gasteiger charge is -2.34. The summed E-state index contributed by atoms with van der Waals surface area (Å²) in [5, 5.41) is 6.69. The molecular formula is C29H36N6O. The number of hydrogen-bond donors (Lipinski definition) is 2. The van der Waals surface area contributed by atoms with Crippen molar-refractivity contribution in [2.75, 3.05) is 49.5 Å². The molecule has 7 nitrogen and oxygen atoms in total. The summed E-state index contributed by atoms with van der Waals surface area (Å²) in [7, 11) is 0. The number of likely N-dealkylation sites (tertiary alicyclic amines) is 1. The van der Waals surface area contributed by atoms with Gasteiger partial charge in [0.15, 0.2) is 0 Å². The van der Waals surface area contributed by atoms with Crippen LogP contribution in [0, 0.1) is 6.92 Å². The Morgan fingerprint density at radius 2 is 1.81 bits per heavy atom. The lowest BCUT2D eigenvalue weighted by molar-refractivity contribution is 0.102. The summed E-state index contributed by atoms with van der Waals surface area (Å²) in [5.74, 6) is 0.434. The van der Waals surface area contributed by atoms with Crippen LogP contribution in [0.15, 0.2) is 67.1 Å². The number of aryl methyl sites for hydroxylation is 1. The SMILES string of the molecule is Cc1ccccc1[C@@H]1CCN(CCNC2CCN(c3ccc(NC(=O)c4cnccn4)cc3)CC2)C1. The molecule has 1 aromatic heterocycles. The molecule has 0 radical (unpaired) electrons. The molecule has 1 atom stereocenters. The van der Waals surface area contributed by atoms with Crippen LogP contribution in [0.3, 0.4) is 0 Å². The molecule has 2 N–H and O–H groups in total. The Bertz CT molecular complexity index is 1130. The highest BCUT2D eigenvalue weighted by Gasteiger charge is 2.25. The summed E-state index contributed by atoms with van der Waals surface area (Å²) >= 11 is 0. The van der Waals surface area contributed by atoms with E-state index < -0.39 is 0 Å². The van der Waals surface area contributed by atoms with Gasteiger partial charge in [0.25, 0.3) is 5.91 Å². The number of hydrogen-bond acceptors (Lipinski definition) is 6. The van der Waals surface area contributed by atoms with Crippen LogP contribution in [0.4, 0.5) is 11.4 Å². The van der Waals surface area contributed by atoms with Crippen molar-refractivity contribution in [1.82, 2.24) is 20.2 Å². The zero-order valence-corrected chi connectivity index (χ0v) is 21.1. The first-order valence-corrected chi connectivity index (χ1v) is 13.1. The lowest BCUT2D eigenvalue weighted by Crippen LogP contribution is -2.44. The standard InChI is InChI=1S/C29H36N6O/c1-22-4-2-3-5-27(22)23-10-16-34(21-23)19-15-31-24-11-17-35(18-12-24)26-8-6-25(7-9-26)33-29(36)28-20-30-13-14-32-28/h2-9,13-14,20,23-24,31H,10-12,15-19,21H2,1H3,(H,33,36)/t23-/m1/s1. The van der Waals surface area contributed by atoms with Crippen molar-refractivity contribution in [2.24, 2.45) is 0 Å². The molecular weight excluding hydrogens is 448 g/mol. The van der Waals surface area contributed by atoms with Gasteiger partial charge in [-0.25, -0.2) is 4.98 Å². The third-order valence-corrected chi connectivity index (χ3v) is 7.54. The second-order valence-electron chi connectivity index (χ2n) is 9.95. The van der Waals surface area contributed by atoms with Gasteiger partial charge in [0.1, 0.15) is 5.69 Å². The number of anilines is 2. The van der Waals surface area contributed by atoms with Crippen molar-refractivity contribution in [2.45, 2.75) is 38.1 Å². The summed E-state index contributed by atoms with van der Waals surface area (Å²) in [6.07, 6.45) is 8.11. The van der Waals surface area contributed by atoms with Crippen LogP contribution in [0.25, 0.3) is 0 Å². The minimum absolute atomic E-state index is 0.248. The molecule has 2 aromatic carbocycles. The van der Waals surface area contributed by atoms with Crippen LogP contribution in [0.5, 0.6) is 0 Å². The Labute approximate surface area is 213 Å². The Kier molecular flexibility index (Phi) is 7.88. The third kappa shape index (κ3) is 6.09. The van der Waals surface area contributed by atoms with Gasteiger partial charge >= 0.3 is 0 Å². The molecule has 36 heavy (non-hydrogen) atoms. The molecule has 5 rings (SSSR count). The zero-order valence-electron chi connectivity index (χ0n) is 21.1. The van der Waals surface area contributed by atoms with Crippen molar-refractivity contribution in [3.05, 3.63) is 83.9 Å². The Hall–Kier alpha value is -3.29. The van der Waals surface area contributed by atoms with Crippen molar-refractivity contribution in [3.63, 3.8) is 0 Å². The number of nitrogens with one attached hydrogen (secondary N) is 2. The van der Waals surface area contributed by atoms with E-state index in [2.05, 4.69) is 73.7 Å². The molecule has 2 saturated heterocycles. The van der Waals surface area contributed by atoms with Crippen LogP contribution in [-0.2, 0) is 0 Å². The first-order valence-electron chi connectivity index (χ1n) is 13.1. The molecule has 2 fully saturated rings. The van der Waals surface area contributed by atoms with Crippen molar-refractivity contribution < 1.29 is 4.79 Å². The van der Waals surface area contributed by atoms with Crippen molar-refractivity contribution in [3.8, 4) is 0 Å². The Balaban J connectivity index is 1.02. The number of aromatic nitrogens is 2. The average Bonchev–Trinajstić information content (AvgIpc) is 3.39. The molecule has 3 aromatic rings. The molecule has 2 aliphatic rings. The maximum atomic E-state index is 12.3. The summed E-state index contributed by atoms with van der Waals surface area (Å²) < 4.78 is 0. The fourth-order valence-corrected chi connectivity index (χ4v) is 5.47. The van der Waals surface area contributed by atoms with E-state index in [0.717, 1.165) is 44.7 Å². The topological polar surface area (TPSA) is 73.4 Å². The van der Waals surface area contributed by atoms with Gasteiger partial charge in [-0.05, 0) is 74.0 Å². The van der Waals surface area contributed by atoms with E-state index in [1.807, 2.05) is 12.1 Å². The minimum Gasteiger partial charge on any atom is -0.371 e. The number of carbonyl (C=O) groups excluding carboxylic acids is 1. The van der Waals surface area contributed by atoms with Gasteiger partial charge in [-0.2, -0.15) is 0 Å². The first-order chi connectivity index (χ1) is 17.7. The number of nitrogens with zero attached hydrogens (tertiary/aromatic N) is 4. The quantitative estimate of drug-likeness (QED) is 0.502. The normalized spacial score (nSPS) is 18.9. The minimum atomic E-state index is -0.248. The van der Waals surface area contributed by atoms with Crippen LogP contribution in [0.2, 0.25) is 0 Å². The molecule has 2 aliphatic heterocycles. The molecule has 188 valence electrons. The highest BCUT2D eigenvalue weighted by molar-refractivity contribution is 6.02. The smallest absolute Gasteiger partial charge is 0.275 e. The second kappa shape index (κ2) is 11.6. The van der Waals surface area contributed by atoms with Gasteiger partial charge in [-0.3, -0.25) is 9.78 Å². The van der Waals surface area contributed by atoms with Gasteiger partial charge < -0.3 is 20.4 Å². The molecule has 0 bridgehead atoms. The summed E-state index contributed by atoms with van der Waals surface area (Å²) in [4.78, 5) is 25.3. The van der Waals surface area contributed by atoms with Crippen LogP contribution < -0.4 is 15.5 Å². The Morgan fingerprint density at radius 1 is 1.00 bits per heavy atom. The molecule has 3 heterocycles. The Morgan fingerprint density at radius 3 is 2.56 bits per heavy atom. The van der Waals surface area contributed by atoms with E-state index in [0.29, 0.717) is 17.7 Å². The van der Waals surface area contributed by atoms with Gasteiger partial charge in [0, 0.05) is 62.5 Å². The number of piperidine rings is 1. The zero-order chi connectivity index (χ0) is 24.7. The van der Waals surface area contributed by atoms with Crippen molar-refractivity contribution >= 4 is 17.3 Å². The summed E-state index contributed by atoms with van der Waals surface area (Å²) in [5.41, 5.74) is 5.23. The number of amides is 1. The molecule has 0 spiro atoms. The fraction of sp³-hybridized carbons (Fsp3) is 0.414. The number of carbonyl (C=O) groups is 1. The third-order valence-electron chi connectivity index (χ3n) is 7.54. The first kappa shape index (κ1) is 24.4.